The zero-order valence-corrected chi connectivity index (χ0v) is 26.9. The number of hydrogen-bond donors (Lipinski definition) is 0. The largest absolute Gasteiger partial charge is 0.452 e. The van der Waals surface area contributed by atoms with Gasteiger partial charge in [0, 0.05) is 27.8 Å². The second kappa shape index (κ2) is 10.5. The standard InChI is InChI=1S/C43H34O4/c1-24(2)41(44)46-40-34-14-9-8-13-29(34)33-20-19-30-28(15-10-16-32(30)38(33)40)27-17-18-31-35-21-25-11-6-7-12-26(25)22-37(35)39(36(31)23-27)47-42(45)43(3,4)5/h6-23,39-40H,1H2,2-5H3. The van der Waals surface area contributed by atoms with Gasteiger partial charge in [-0.05, 0) is 101 Å². The van der Waals surface area contributed by atoms with E-state index in [4.69, 9.17) is 9.47 Å². The molecule has 4 nitrogen and oxygen atoms in total. The highest BCUT2D eigenvalue weighted by molar-refractivity contribution is 6.04. The quantitative estimate of drug-likeness (QED) is 0.146. The summed E-state index contributed by atoms with van der Waals surface area (Å²) in [4.78, 5) is 26.2. The van der Waals surface area contributed by atoms with Crippen molar-refractivity contribution in [2.24, 2.45) is 5.41 Å². The van der Waals surface area contributed by atoms with Crippen molar-refractivity contribution in [3.8, 4) is 33.4 Å². The van der Waals surface area contributed by atoms with Crippen LogP contribution in [0.3, 0.4) is 0 Å². The SMILES string of the molecule is C=C(C)C(=O)OC1c2ccccc2-c2ccc3c(-c4ccc5c(c4)C(OC(=O)C(C)(C)C)c4cc6ccccc6cc4-5)cccc3c21. The van der Waals surface area contributed by atoms with Crippen molar-refractivity contribution < 1.29 is 19.1 Å². The summed E-state index contributed by atoms with van der Waals surface area (Å²) in [5.41, 5.74) is 10.0. The van der Waals surface area contributed by atoms with E-state index in [0.29, 0.717) is 5.57 Å². The Morgan fingerprint density at radius 3 is 2.02 bits per heavy atom. The highest BCUT2D eigenvalue weighted by Crippen LogP contribution is 2.51. The van der Waals surface area contributed by atoms with Gasteiger partial charge in [-0.2, -0.15) is 0 Å². The summed E-state index contributed by atoms with van der Waals surface area (Å²) in [5, 5.41) is 4.35. The molecule has 0 aromatic heterocycles. The lowest BCUT2D eigenvalue weighted by Crippen LogP contribution is -2.24. The van der Waals surface area contributed by atoms with Gasteiger partial charge in [0.15, 0.2) is 12.2 Å². The van der Waals surface area contributed by atoms with Crippen molar-refractivity contribution in [3.63, 3.8) is 0 Å². The zero-order valence-electron chi connectivity index (χ0n) is 26.9. The molecule has 4 heteroatoms. The van der Waals surface area contributed by atoms with E-state index in [1.807, 2.05) is 51.1 Å². The molecular formula is C43H34O4. The molecule has 0 spiro atoms. The molecule has 2 aliphatic rings. The first-order chi connectivity index (χ1) is 22.6. The van der Waals surface area contributed by atoms with Crippen LogP contribution in [0.5, 0.6) is 0 Å². The van der Waals surface area contributed by atoms with Crippen molar-refractivity contribution in [3.05, 3.63) is 144 Å². The molecule has 6 aromatic carbocycles. The summed E-state index contributed by atoms with van der Waals surface area (Å²) in [5.74, 6) is -0.650. The van der Waals surface area contributed by atoms with Crippen LogP contribution >= 0.6 is 0 Å². The number of hydrogen-bond acceptors (Lipinski definition) is 4. The van der Waals surface area contributed by atoms with Gasteiger partial charge in [-0.3, -0.25) is 4.79 Å². The fraction of sp³-hybridized carbons (Fsp3) is 0.163. The van der Waals surface area contributed by atoms with Crippen LogP contribution in [0.2, 0.25) is 0 Å². The van der Waals surface area contributed by atoms with E-state index in [9.17, 15) is 9.59 Å². The Labute approximate surface area is 274 Å². The van der Waals surface area contributed by atoms with Crippen LogP contribution < -0.4 is 0 Å². The Morgan fingerprint density at radius 2 is 1.26 bits per heavy atom. The summed E-state index contributed by atoms with van der Waals surface area (Å²) >= 11 is 0. The molecular weight excluding hydrogens is 580 g/mol. The number of benzene rings is 6. The lowest BCUT2D eigenvalue weighted by Gasteiger charge is -2.22. The summed E-state index contributed by atoms with van der Waals surface area (Å²) in [6.45, 7) is 11.1. The highest BCUT2D eigenvalue weighted by atomic mass is 16.5. The molecule has 2 aliphatic carbocycles. The molecule has 0 fully saturated rings. The van der Waals surface area contributed by atoms with Crippen molar-refractivity contribution >= 4 is 33.5 Å². The van der Waals surface area contributed by atoms with Crippen LogP contribution in [0.25, 0.3) is 54.9 Å². The maximum Gasteiger partial charge on any atom is 0.334 e. The van der Waals surface area contributed by atoms with Gasteiger partial charge in [-0.25, -0.2) is 4.79 Å². The van der Waals surface area contributed by atoms with E-state index in [2.05, 4.69) is 85.4 Å². The smallest absolute Gasteiger partial charge is 0.334 e. The Hall–Kier alpha value is -5.48. The zero-order chi connectivity index (χ0) is 32.6. The third-order valence-corrected chi connectivity index (χ3v) is 9.44. The second-order valence-electron chi connectivity index (χ2n) is 13.7. The third kappa shape index (κ3) is 4.58. The minimum Gasteiger partial charge on any atom is -0.452 e. The minimum atomic E-state index is -0.644. The number of carbonyl (C=O) groups excluding carboxylic acids is 2. The van der Waals surface area contributed by atoms with Crippen molar-refractivity contribution in [1.82, 2.24) is 0 Å². The average Bonchev–Trinajstić information content (AvgIpc) is 3.54. The number of carbonyl (C=O) groups is 2. The van der Waals surface area contributed by atoms with E-state index in [1.54, 1.807) is 6.92 Å². The van der Waals surface area contributed by atoms with Crippen LogP contribution in [0.15, 0.2) is 121 Å². The summed E-state index contributed by atoms with van der Waals surface area (Å²) in [6.07, 6.45) is -1.05. The maximum atomic E-state index is 13.3. The van der Waals surface area contributed by atoms with Crippen LogP contribution in [0.1, 0.15) is 62.2 Å². The summed E-state index contributed by atoms with van der Waals surface area (Å²) in [6, 6.07) is 37.8. The van der Waals surface area contributed by atoms with Gasteiger partial charge >= 0.3 is 11.9 Å². The molecule has 0 radical (unpaired) electrons. The number of esters is 2. The van der Waals surface area contributed by atoms with Crippen LogP contribution in [0.4, 0.5) is 0 Å². The minimum absolute atomic E-state index is 0.240. The topological polar surface area (TPSA) is 52.6 Å². The Morgan fingerprint density at radius 1 is 0.596 bits per heavy atom. The van der Waals surface area contributed by atoms with Gasteiger partial charge in [0.2, 0.25) is 0 Å². The number of rotatable bonds is 4. The lowest BCUT2D eigenvalue weighted by atomic mass is 9.91. The Balaban J connectivity index is 1.29. The van der Waals surface area contributed by atoms with E-state index in [-0.39, 0.29) is 5.97 Å². The molecule has 0 saturated carbocycles. The number of ether oxygens (including phenoxy) is 2. The third-order valence-electron chi connectivity index (χ3n) is 9.44. The van der Waals surface area contributed by atoms with Crippen LogP contribution in [-0.4, -0.2) is 11.9 Å². The van der Waals surface area contributed by atoms with E-state index >= 15 is 0 Å². The van der Waals surface area contributed by atoms with Crippen molar-refractivity contribution in [2.75, 3.05) is 0 Å². The van der Waals surface area contributed by atoms with Crippen LogP contribution in [0, 0.1) is 5.41 Å². The van der Waals surface area contributed by atoms with Crippen molar-refractivity contribution in [1.29, 1.82) is 0 Å². The Kier molecular flexibility index (Phi) is 6.49. The first-order valence-corrected chi connectivity index (χ1v) is 16.0. The second-order valence-corrected chi connectivity index (χ2v) is 13.7. The Bertz CT molecular complexity index is 2320. The molecule has 0 N–H and O–H groups in total. The fourth-order valence-electron chi connectivity index (χ4n) is 7.09. The fourth-order valence-corrected chi connectivity index (χ4v) is 7.09. The summed E-state index contributed by atoms with van der Waals surface area (Å²) < 4.78 is 12.4. The van der Waals surface area contributed by atoms with E-state index in [0.717, 1.165) is 77.2 Å². The van der Waals surface area contributed by atoms with Crippen LogP contribution in [-0.2, 0) is 19.1 Å². The predicted octanol–water partition coefficient (Wildman–Crippen LogP) is 10.5. The maximum absolute atomic E-state index is 13.3. The van der Waals surface area contributed by atoms with Gasteiger partial charge in [0.1, 0.15) is 0 Å². The molecule has 2 atom stereocenters. The van der Waals surface area contributed by atoms with E-state index in [1.165, 1.54) is 0 Å². The highest BCUT2D eigenvalue weighted by Gasteiger charge is 2.36. The molecule has 230 valence electrons. The molecule has 2 unspecified atom stereocenters. The van der Waals surface area contributed by atoms with Crippen molar-refractivity contribution in [2.45, 2.75) is 39.9 Å². The molecule has 0 bridgehead atoms. The monoisotopic (exact) mass is 614 g/mol. The molecule has 0 heterocycles. The van der Waals surface area contributed by atoms with Gasteiger partial charge in [-0.1, -0.05) is 97.6 Å². The molecule has 6 aromatic rings. The molecule has 0 amide bonds. The molecule has 8 rings (SSSR count). The first-order valence-electron chi connectivity index (χ1n) is 16.0. The average molecular weight is 615 g/mol. The first kappa shape index (κ1) is 29.0. The molecule has 47 heavy (non-hydrogen) atoms. The van der Waals surface area contributed by atoms with Gasteiger partial charge < -0.3 is 9.47 Å². The normalized spacial score (nSPS) is 15.9. The lowest BCUT2D eigenvalue weighted by molar-refractivity contribution is -0.156. The summed E-state index contributed by atoms with van der Waals surface area (Å²) in [7, 11) is 0. The predicted molar refractivity (Wildman–Crippen MR) is 188 cm³/mol. The molecule has 0 aliphatic heterocycles. The van der Waals surface area contributed by atoms with Gasteiger partial charge in [0.05, 0.1) is 5.41 Å². The van der Waals surface area contributed by atoms with E-state index < -0.39 is 23.6 Å². The van der Waals surface area contributed by atoms with Gasteiger partial charge in [0.25, 0.3) is 0 Å². The van der Waals surface area contributed by atoms with Gasteiger partial charge in [-0.15, -0.1) is 0 Å². The molecule has 0 saturated heterocycles. The number of fused-ring (bicyclic) bond motifs is 9.